The van der Waals surface area contributed by atoms with Crippen molar-refractivity contribution < 1.29 is 32.6 Å². The van der Waals surface area contributed by atoms with Crippen LogP contribution in [-0.4, -0.2) is 31.2 Å². The van der Waals surface area contributed by atoms with Crippen LogP contribution in [0.5, 0.6) is 11.5 Å². The minimum absolute atomic E-state index is 0.0000661. The molecule has 0 heterocycles. The van der Waals surface area contributed by atoms with E-state index in [1.165, 1.54) is 37.9 Å². The molecule has 1 atom stereocenters. The first kappa shape index (κ1) is 21.7. The summed E-state index contributed by atoms with van der Waals surface area (Å²) >= 11 is 1.21. The van der Waals surface area contributed by atoms with E-state index in [1.54, 1.807) is 37.3 Å². The van der Waals surface area contributed by atoms with Gasteiger partial charge in [-0.25, -0.2) is 0 Å². The fourth-order valence-corrected chi connectivity index (χ4v) is 3.18. The van der Waals surface area contributed by atoms with Crippen molar-refractivity contribution in [1.29, 1.82) is 0 Å². The second kappa shape index (κ2) is 10.1. The zero-order valence-corrected chi connectivity index (χ0v) is 16.4. The summed E-state index contributed by atoms with van der Waals surface area (Å²) in [6.45, 7) is 0.183. The topological polar surface area (TPSA) is 61.8 Å². The number of halogens is 2. The van der Waals surface area contributed by atoms with Crippen LogP contribution in [0.1, 0.15) is 35.9 Å². The van der Waals surface area contributed by atoms with Gasteiger partial charge >= 0.3 is 12.6 Å². The Kier molecular flexibility index (Phi) is 7.80. The zero-order chi connectivity index (χ0) is 20.7. The standard InChI is InChI=1S/C20H20F2O5S/c1-12(23)14-7-8-18(17(10-14)25-3)28-11-19(24)26-13(2)15-5-4-6-16(9-15)27-20(21)22/h4-10,13,20H,11H2,1-3H3/t13-/m1/s1. The summed E-state index contributed by atoms with van der Waals surface area (Å²) in [6.07, 6.45) is -0.628. The maximum Gasteiger partial charge on any atom is 0.387 e. The summed E-state index contributed by atoms with van der Waals surface area (Å²) in [5, 5.41) is 0. The van der Waals surface area contributed by atoms with Gasteiger partial charge in [-0.2, -0.15) is 8.78 Å². The van der Waals surface area contributed by atoms with Crippen molar-refractivity contribution in [3.63, 3.8) is 0 Å². The van der Waals surface area contributed by atoms with Crippen LogP contribution >= 0.6 is 11.8 Å². The third-order valence-corrected chi connectivity index (χ3v) is 4.80. The van der Waals surface area contributed by atoms with Gasteiger partial charge in [0.1, 0.15) is 17.6 Å². The molecule has 8 heteroatoms. The van der Waals surface area contributed by atoms with Gasteiger partial charge < -0.3 is 14.2 Å². The average Bonchev–Trinajstić information content (AvgIpc) is 2.65. The van der Waals surface area contributed by atoms with Crippen LogP contribution in [0.15, 0.2) is 47.4 Å². The maximum atomic E-state index is 12.3. The van der Waals surface area contributed by atoms with Crippen LogP contribution in [-0.2, 0) is 9.53 Å². The van der Waals surface area contributed by atoms with E-state index in [1.807, 2.05) is 0 Å². The SMILES string of the molecule is COc1cc(C(C)=O)ccc1SCC(=O)O[C@H](C)c1cccc(OC(F)F)c1. The number of hydrogen-bond donors (Lipinski definition) is 0. The number of esters is 1. The smallest absolute Gasteiger partial charge is 0.387 e. The number of carbonyl (C=O) groups is 2. The Morgan fingerprint density at radius 1 is 1.14 bits per heavy atom. The third kappa shape index (κ3) is 6.23. The molecule has 0 aliphatic rings. The first-order valence-electron chi connectivity index (χ1n) is 8.36. The normalized spacial score (nSPS) is 11.8. The maximum absolute atomic E-state index is 12.3. The molecular weight excluding hydrogens is 390 g/mol. The highest BCUT2D eigenvalue weighted by atomic mass is 32.2. The van der Waals surface area contributed by atoms with Crippen molar-refractivity contribution in [2.45, 2.75) is 31.5 Å². The van der Waals surface area contributed by atoms with Gasteiger partial charge in [-0.3, -0.25) is 9.59 Å². The number of rotatable bonds is 9. The summed E-state index contributed by atoms with van der Waals surface area (Å²) < 4.78 is 39.6. The van der Waals surface area contributed by atoms with E-state index in [2.05, 4.69) is 4.74 Å². The number of ether oxygens (including phenoxy) is 3. The largest absolute Gasteiger partial charge is 0.496 e. The van der Waals surface area contributed by atoms with Crippen molar-refractivity contribution in [3.8, 4) is 11.5 Å². The molecule has 2 aromatic carbocycles. The highest BCUT2D eigenvalue weighted by Gasteiger charge is 2.15. The fraction of sp³-hybridized carbons (Fsp3) is 0.300. The van der Waals surface area contributed by atoms with Crippen molar-refractivity contribution in [2.24, 2.45) is 0 Å². The van der Waals surface area contributed by atoms with E-state index >= 15 is 0 Å². The molecule has 0 aliphatic carbocycles. The summed E-state index contributed by atoms with van der Waals surface area (Å²) in [5.74, 6) is -0.0418. The number of methoxy groups -OCH3 is 1. The Morgan fingerprint density at radius 2 is 1.89 bits per heavy atom. The number of benzene rings is 2. The molecule has 0 amide bonds. The van der Waals surface area contributed by atoms with Crippen LogP contribution in [0.4, 0.5) is 8.78 Å². The molecule has 0 unspecified atom stereocenters. The molecule has 150 valence electrons. The van der Waals surface area contributed by atoms with Crippen molar-refractivity contribution in [1.82, 2.24) is 0 Å². The van der Waals surface area contributed by atoms with Gasteiger partial charge in [-0.05, 0) is 43.7 Å². The highest BCUT2D eigenvalue weighted by molar-refractivity contribution is 8.00. The summed E-state index contributed by atoms with van der Waals surface area (Å²) in [4.78, 5) is 24.3. The minimum Gasteiger partial charge on any atom is -0.496 e. The lowest BCUT2D eigenvalue weighted by molar-refractivity contribution is -0.145. The summed E-state index contributed by atoms with van der Waals surface area (Å²) in [5.41, 5.74) is 1.06. The zero-order valence-electron chi connectivity index (χ0n) is 15.6. The molecule has 0 aliphatic heterocycles. The molecule has 2 aromatic rings. The quantitative estimate of drug-likeness (QED) is 0.333. The Balaban J connectivity index is 1.96. The second-order valence-corrected chi connectivity index (χ2v) is 6.81. The summed E-state index contributed by atoms with van der Waals surface area (Å²) in [6, 6.07) is 11.0. The average molecular weight is 410 g/mol. The van der Waals surface area contributed by atoms with E-state index in [0.717, 1.165) is 0 Å². The van der Waals surface area contributed by atoms with E-state index in [9.17, 15) is 18.4 Å². The molecule has 0 saturated carbocycles. The van der Waals surface area contributed by atoms with Crippen molar-refractivity contribution in [2.75, 3.05) is 12.9 Å². The fourth-order valence-electron chi connectivity index (χ4n) is 2.39. The molecule has 5 nitrogen and oxygen atoms in total. The predicted molar refractivity (Wildman–Crippen MR) is 101 cm³/mol. The van der Waals surface area contributed by atoms with Crippen LogP contribution in [0.2, 0.25) is 0 Å². The number of Topliss-reactive ketones (excluding diaryl/α,β-unsaturated/α-hetero) is 1. The monoisotopic (exact) mass is 410 g/mol. The number of thioether (sulfide) groups is 1. The second-order valence-electron chi connectivity index (χ2n) is 5.79. The number of alkyl halides is 2. The molecule has 0 saturated heterocycles. The number of carbonyl (C=O) groups excluding carboxylic acids is 2. The Bertz CT molecular complexity index is 841. The van der Waals surface area contributed by atoms with Crippen LogP contribution in [0.3, 0.4) is 0 Å². The predicted octanol–water partition coefficient (Wildman–Crippen LogP) is 4.90. The lowest BCUT2D eigenvalue weighted by Crippen LogP contribution is -2.11. The number of ketones is 1. The van der Waals surface area contributed by atoms with Gasteiger partial charge in [-0.1, -0.05) is 18.2 Å². The summed E-state index contributed by atoms with van der Waals surface area (Å²) in [7, 11) is 1.48. The molecule has 28 heavy (non-hydrogen) atoms. The van der Waals surface area contributed by atoms with E-state index in [4.69, 9.17) is 9.47 Å². The van der Waals surface area contributed by atoms with Gasteiger partial charge in [0.25, 0.3) is 0 Å². The Hall–Kier alpha value is -2.61. The molecule has 0 fully saturated rings. The molecule has 0 bridgehead atoms. The minimum atomic E-state index is -2.92. The Labute approximate surface area is 166 Å². The van der Waals surface area contributed by atoms with Gasteiger partial charge in [-0.15, -0.1) is 11.8 Å². The van der Waals surface area contributed by atoms with E-state index in [-0.39, 0.29) is 17.3 Å². The van der Waals surface area contributed by atoms with Crippen LogP contribution in [0, 0.1) is 0 Å². The van der Waals surface area contributed by atoms with Crippen molar-refractivity contribution in [3.05, 3.63) is 53.6 Å². The first-order chi connectivity index (χ1) is 13.3. The lowest BCUT2D eigenvalue weighted by atomic mass is 10.1. The first-order valence-corrected chi connectivity index (χ1v) is 9.34. The van der Waals surface area contributed by atoms with Crippen LogP contribution in [0.25, 0.3) is 0 Å². The lowest BCUT2D eigenvalue weighted by Gasteiger charge is -2.15. The van der Waals surface area contributed by atoms with E-state index < -0.39 is 18.7 Å². The van der Waals surface area contributed by atoms with Crippen LogP contribution < -0.4 is 9.47 Å². The highest BCUT2D eigenvalue weighted by Crippen LogP contribution is 2.31. The van der Waals surface area contributed by atoms with Crippen molar-refractivity contribution >= 4 is 23.5 Å². The van der Waals surface area contributed by atoms with E-state index in [0.29, 0.717) is 21.8 Å². The molecule has 2 rings (SSSR count). The molecule has 0 N–H and O–H groups in total. The number of hydrogen-bond acceptors (Lipinski definition) is 6. The van der Waals surface area contributed by atoms with Gasteiger partial charge in [0, 0.05) is 10.5 Å². The Morgan fingerprint density at radius 3 is 2.54 bits per heavy atom. The third-order valence-electron chi connectivity index (χ3n) is 3.78. The molecule has 0 radical (unpaired) electrons. The molecule has 0 aromatic heterocycles. The molecule has 0 spiro atoms. The van der Waals surface area contributed by atoms with Gasteiger partial charge in [0.15, 0.2) is 5.78 Å². The molecular formula is C20H20F2O5S. The van der Waals surface area contributed by atoms with Gasteiger partial charge in [0.2, 0.25) is 0 Å². The van der Waals surface area contributed by atoms with Gasteiger partial charge in [0.05, 0.1) is 12.9 Å².